The Bertz CT molecular complexity index is 1190. The van der Waals surface area contributed by atoms with Crippen LogP contribution in [0.4, 0.5) is 26.3 Å². The Labute approximate surface area is 147 Å². The molecule has 9 heteroatoms. The second-order valence-corrected chi connectivity index (χ2v) is 6.02. The molecule has 3 nitrogen and oxygen atoms in total. The molecule has 2 heterocycles. The van der Waals surface area contributed by atoms with Gasteiger partial charge in [-0.05, 0) is 30.3 Å². The SMILES string of the molecule is O=c1n2ccc3cccc(c[n+]1-c1cc(C(F)(F)F)cc(C(F)(F)F)c1)c32. The fraction of sp³-hybridized carbons (Fsp3) is 0.111. The van der Waals surface area contributed by atoms with Gasteiger partial charge in [0, 0.05) is 5.39 Å². The number of rotatable bonds is 1. The molecule has 0 aliphatic rings. The van der Waals surface area contributed by atoms with Crippen LogP contribution in [0.3, 0.4) is 0 Å². The lowest BCUT2D eigenvalue weighted by atomic mass is 10.1. The van der Waals surface area contributed by atoms with Gasteiger partial charge in [0.05, 0.1) is 16.5 Å². The third-order valence-corrected chi connectivity index (χ3v) is 4.27. The van der Waals surface area contributed by atoms with Gasteiger partial charge in [0.15, 0.2) is 5.52 Å². The number of nitrogens with zero attached hydrogens (tertiary/aromatic N) is 2. The maximum atomic E-state index is 13.1. The number of benzene rings is 2. The standard InChI is InChI=1S/C18H9F6N2O/c19-17(20,21)12-6-13(18(22,23)24)8-14(7-12)26-9-11-3-1-2-10-4-5-25(15(10)11)16(26)27/h1-9H/q+1. The minimum Gasteiger partial charge on any atom is -0.196 e. The molecule has 0 unspecified atom stereocenters. The van der Waals surface area contributed by atoms with Crippen molar-refractivity contribution in [3.8, 4) is 5.69 Å². The van der Waals surface area contributed by atoms with E-state index in [-0.39, 0.29) is 6.07 Å². The molecule has 0 aliphatic heterocycles. The van der Waals surface area contributed by atoms with E-state index in [9.17, 15) is 31.1 Å². The van der Waals surface area contributed by atoms with Crippen LogP contribution >= 0.6 is 0 Å². The molecule has 0 spiro atoms. The van der Waals surface area contributed by atoms with Gasteiger partial charge in [0.25, 0.3) is 0 Å². The normalized spacial score (nSPS) is 13.0. The molecular weight excluding hydrogens is 374 g/mol. The summed E-state index contributed by atoms with van der Waals surface area (Å²) in [5, 5.41) is 1.24. The van der Waals surface area contributed by atoms with Crippen molar-refractivity contribution in [3.63, 3.8) is 0 Å². The van der Waals surface area contributed by atoms with E-state index in [1.165, 1.54) is 16.8 Å². The summed E-state index contributed by atoms with van der Waals surface area (Å²) in [6.07, 6.45) is -7.32. The van der Waals surface area contributed by atoms with E-state index < -0.39 is 34.9 Å². The third kappa shape index (κ3) is 2.79. The van der Waals surface area contributed by atoms with Gasteiger partial charge >= 0.3 is 18.0 Å². The van der Waals surface area contributed by atoms with Crippen molar-refractivity contribution in [2.75, 3.05) is 0 Å². The van der Waals surface area contributed by atoms with Gasteiger partial charge < -0.3 is 0 Å². The molecule has 4 aromatic rings. The predicted molar refractivity (Wildman–Crippen MR) is 83.9 cm³/mol. The maximum Gasteiger partial charge on any atom is 0.508 e. The predicted octanol–water partition coefficient (Wildman–Crippen LogP) is 4.20. The zero-order valence-corrected chi connectivity index (χ0v) is 13.3. The van der Waals surface area contributed by atoms with Gasteiger partial charge in [0.1, 0.15) is 18.1 Å². The van der Waals surface area contributed by atoms with E-state index in [1.54, 1.807) is 24.3 Å². The molecule has 0 N–H and O–H groups in total. The minimum absolute atomic E-state index is 0.0275. The number of alkyl halides is 6. The first-order valence-corrected chi connectivity index (χ1v) is 7.64. The van der Waals surface area contributed by atoms with Crippen molar-refractivity contribution >= 4 is 16.3 Å². The maximum absolute atomic E-state index is 13.1. The number of aromatic nitrogens is 2. The summed E-state index contributed by atoms with van der Waals surface area (Å²) in [5.74, 6) is 0. The van der Waals surface area contributed by atoms with Crippen LogP contribution in [0.25, 0.3) is 22.0 Å². The van der Waals surface area contributed by atoms with E-state index >= 15 is 0 Å². The van der Waals surface area contributed by atoms with E-state index in [0.29, 0.717) is 23.0 Å². The van der Waals surface area contributed by atoms with Crippen molar-refractivity contribution in [2.45, 2.75) is 12.4 Å². The Balaban J connectivity index is 2.06. The molecular formula is C18H9F6N2O+. The van der Waals surface area contributed by atoms with E-state index in [2.05, 4.69) is 0 Å². The third-order valence-electron chi connectivity index (χ3n) is 4.27. The molecule has 138 valence electrons. The van der Waals surface area contributed by atoms with Crippen molar-refractivity contribution in [2.24, 2.45) is 0 Å². The summed E-state index contributed by atoms with van der Waals surface area (Å²) < 4.78 is 80.5. The summed E-state index contributed by atoms with van der Waals surface area (Å²) in [6, 6.07) is 7.77. The van der Waals surface area contributed by atoms with Gasteiger partial charge in [-0.1, -0.05) is 12.1 Å². The second kappa shape index (κ2) is 5.45. The minimum atomic E-state index is -4.99. The van der Waals surface area contributed by atoms with Gasteiger partial charge in [-0.25, -0.2) is 0 Å². The van der Waals surface area contributed by atoms with Gasteiger partial charge in [0.2, 0.25) is 0 Å². The fourth-order valence-electron chi connectivity index (χ4n) is 3.06. The summed E-state index contributed by atoms with van der Waals surface area (Å²) >= 11 is 0. The van der Waals surface area contributed by atoms with Crippen LogP contribution in [-0.4, -0.2) is 4.40 Å². The first-order valence-electron chi connectivity index (χ1n) is 7.64. The van der Waals surface area contributed by atoms with E-state index in [4.69, 9.17) is 0 Å². The number of hydrogen-bond acceptors (Lipinski definition) is 1. The summed E-state index contributed by atoms with van der Waals surface area (Å²) in [7, 11) is 0. The number of hydrogen-bond donors (Lipinski definition) is 0. The van der Waals surface area contributed by atoms with Crippen molar-refractivity contribution in [3.05, 3.63) is 76.5 Å². The zero-order chi connectivity index (χ0) is 19.6. The molecule has 0 aliphatic carbocycles. The number of halogens is 6. The van der Waals surface area contributed by atoms with Crippen LogP contribution in [0.15, 0.2) is 59.7 Å². The van der Waals surface area contributed by atoms with E-state index in [0.717, 1.165) is 9.95 Å². The highest BCUT2D eigenvalue weighted by atomic mass is 19.4. The quantitative estimate of drug-likeness (QED) is 0.357. The topological polar surface area (TPSA) is 25.4 Å². The Morgan fingerprint density at radius 2 is 1.41 bits per heavy atom. The highest BCUT2D eigenvalue weighted by molar-refractivity contribution is 5.95. The molecule has 2 aromatic heterocycles. The smallest absolute Gasteiger partial charge is 0.196 e. The van der Waals surface area contributed by atoms with Crippen LogP contribution < -0.4 is 10.3 Å². The molecule has 0 atom stereocenters. The van der Waals surface area contributed by atoms with Crippen molar-refractivity contribution in [1.29, 1.82) is 0 Å². The van der Waals surface area contributed by atoms with Gasteiger partial charge in [-0.15, -0.1) is 0 Å². The van der Waals surface area contributed by atoms with Gasteiger partial charge in [-0.3, -0.25) is 0 Å². The van der Waals surface area contributed by atoms with Crippen LogP contribution in [0.1, 0.15) is 11.1 Å². The molecule has 27 heavy (non-hydrogen) atoms. The second-order valence-electron chi connectivity index (χ2n) is 6.02. The Kier molecular flexibility index (Phi) is 3.49. The highest BCUT2D eigenvalue weighted by Gasteiger charge is 2.38. The van der Waals surface area contributed by atoms with Crippen LogP contribution in [0.5, 0.6) is 0 Å². The fourth-order valence-corrected chi connectivity index (χ4v) is 3.06. The van der Waals surface area contributed by atoms with Crippen molar-refractivity contribution in [1.82, 2.24) is 4.40 Å². The molecule has 0 bridgehead atoms. The summed E-state index contributed by atoms with van der Waals surface area (Å²) in [5.41, 5.74) is -3.70. The van der Waals surface area contributed by atoms with Gasteiger partial charge in [-0.2, -0.15) is 40.1 Å². The van der Waals surface area contributed by atoms with E-state index in [1.807, 2.05) is 0 Å². The molecule has 2 aromatic carbocycles. The molecule has 0 saturated heterocycles. The first-order chi connectivity index (χ1) is 12.6. The monoisotopic (exact) mass is 383 g/mol. The first kappa shape index (κ1) is 17.3. The molecule has 0 saturated carbocycles. The van der Waals surface area contributed by atoms with Crippen molar-refractivity contribution < 1.29 is 30.9 Å². The molecule has 0 radical (unpaired) electrons. The largest absolute Gasteiger partial charge is 0.508 e. The number of para-hydroxylation sites is 1. The lowest BCUT2D eigenvalue weighted by molar-refractivity contribution is -0.614. The highest BCUT2D eigenvalue weighted by Crippen LogP contribution is 2.36. The zero-order valence-electron chi connectivity index (χ0n) is 13.3. The van der Waals surface area contributed by atoms with Crippen LogP contribution in [-0.2, 0) is 12.4 Å². The summed E-state index contributed by atoms with van der Waals surface area (Å²) in [4.78, 5) is 12.7. The molecule has 0 fully saturated rings. The summed E-state index contributed by atoms with van der Waals surface area (Å²) in [6.45, 7) is 0. The van der Waals surface area contributed by atoms with Crippen LogP contribution in [0, 0.1) is 0 Å². The lowest BCUT2D eigenvalue weighted by Gasteiger charge is -2.13. The molecule has 4 rings (SSSR count). The van der Waals surface area contributed by atoms with Crippen LogP contribution in [0.2, 0.25) is 0 Å². The lowest BCUT2D eigenvalue weighted by Crippen LogP contribution is -2.50. The Morgan fingerprint density at radius 3 is 2.00 bits per heavy atom. The molecule has 0 amide bonds. The Hall–Kier alpha value is -3.10. The Morgan fingerprint density at radius 1 is 0.815 bits per heavy atom. The average Bonchev–Trinajstić information content (AvgIpc) is 3.02. The average molecular weight is 383 g/mol.